The number of hydrogen-bond acceptors (Lipinski definition) is 6. The first-order valence-corrected chi connectivity index (χ1v) is 6.87. The van der Waals surface area contributed by atoms with Crippen LogP contribution < -0.4 is 10.4 Å². The minimum atomic E-state index is -0.421. The van der Waals surface area contributed by atoms with Crippen LogP contribution in [0.1, 0.15) is 23.0 Å². The number of aliphatic hydroxyl groups excluding tert-OH is 1. The monoisotopic (exact) mass is 293 g/mol. The fourth-order valence-corrected chi connectivity index (χ4v) is 2.47. The second kappa shape index (κ2) is 5.47. The van der Waals surface area contributed by atoms with E-state index >= 15 is 0 Å². The summed E-state index contributed by atoms with van der Waals surface area (Å²) in [5.74, 6) is 0.155. The summed E-state index contributed by atoms with van der Waals surface area (Å²) in [5, 5.41) is 21.1. The molecule has 0 spiro atoms. The van der Waals surface area contributed by atoms with E-state index in [9.17, 15) is 10.4 Å². The second-order valence-corrected chi connectivity index (χ2v) is 5.11. The van der Waals surface area contributed by atoms with Gasteiger partial charge in [-0.05, 0) is 25.5 Å². The zero-order chi connectivity index (χ0) is 15.7. The summed E-state index contributed by atoms with van der Waals surface area (Å²) < 4.78 is 0. The maximum Gasteiger partial charge on any atom is 0.247 e. The SMILES string of the molecule is Cc1cc(C)nc(N2N[C@@H](c3ccccc3)C(C#N)=C2O)n1. The van der Waals surface area contributed by atoms with Crippen LogP contribution in [0.2, 0.25) is 0 Å². The molecule has 2 heterocycles. The van der Waals surface area contributed by atoms with Crippen LogP contribution in [0.25, 0.3) is 0 Å². The van der Waals surface area contributed by atoms with Crippen molar-refractivity contribution in [2.75, 3.05) is 5.01 Å². The van der Waals surface area contributed by atoms with Crippen LogP contribution in [0.4, 0.5) is 5.95 Å². The summed E-state index contributed by atoms with van der Waals surface area (Å²) >= 11 is 0. The van der Waals surface area contributed by atoms with Gasteiger partial charge in [-0.2, -0.15) is 5.26 Å². The maximum atomic E-state index is 10.4. The minimum absolute atomic E-state index is 0.165. The van der Waals surface area contributed by atoms with E-state index < -0.39 is 6.04 Å². The van der Waals surface area contributed by atoms with E-state index in [2.05, 4.69) is 21.5 Å². The normalized spacial score (nSPS) is 17.7. The van der Waals surface area contributed by atoms with E-state index in [-0.39, 0.29) is 11.5 Å². The molecular weight excluding hydrogens is 278 g/mol. The van der Waals surface area contributed by atoms with Gasteiger partial charge in [0.1, 0.15) is 11.6 Å². The van der Waals surface area contributed by atoms with Crippen molar-refractivity contribution < 1.29 is 5.11 Å². The third-order valence-corrected chi connectivity index (χ3v) is 3.42. The smallest absolute Gasteiger partial charge is 0.247 e. The number of nitriles is 1. The van der Waals surface area contributed by atoms with Gasteiger partial charge in [-0.25, -0.2) is 20.4 Å². The van der Waals surface area contributed by atoms with Crippen LogP contribution in [-0.2, 0) is 0 Å². The van der Waals surface area contributed by atoms with Gasteiger partial charge in [0.15, 0.2) is 0 Å². The quantitative estimate of drug-likeness (QED) is 0.884. The molecule has 0 unspecified atom stereocenters. The zero-order valence-electron chi connectivity index (χ0n) is 12.3. The summed E-state index contributed by atoms with van der Waals surface area (Å²) in [4.78, 5) is 8.62. The van der Waals surface area contributed by atoms with E-state index in [1.807, 2.05) is 50.2 Å². The third kappa shape index (κ3) is 2.38. The molecule has 6 nitrogen and oxygen atoms in total. The molecule has 1 aromatic carbocycles. The molecule has 0 saturated carbocycles. The highest BCUT2D eigenvalue weighted by molar-refractivity contribution is 5.51. The number of nitrogens with zero attached hydrogens (tertiary/aromatic N) is 4. The molecule has 2 N–H and O–H groups in total. The molecule has 0 bridgehead atoms. The van der Waals surface area contributed by atoms with Crippen molar-refractivity contribution in [1.82, 2.24) is 15.4 Å². The summed E-state index contributed by atoms with van der Waals surface area (Å²) in [6.07, 6.45) is 0. The molecule has 0 saturated heterocycles. The average Bonchev–Trinajstić information content (AvgIpc) is 2.84. The fraction of sp³-hybridized carbons (Fsp3) is 0.188. The van der Waals surface area contributed by atoms with E-state index in [4.69, 9.17) is 0 Å². The number of nitrogens with one attached hydrogen (secondary N) is 1. The van der Waals surface area contributed by atoms with Crippen LogP contribution in [0, 0.1) is 25.2 Å². The molecule has 0 amide bonds. The van der Waals surface area contributed by atoms with E-state index in [0.29, 0.717) is 5.95 Å². The van der Waals surface area contributed by atoms with Gasteiger partial charge < -0.3 is 5.11 Å². The molecule has 0 aliphatic carbocycles. The van der Waals surface area contributed by atoms with Crippen LogP contribution in [0.5, 0.6) is 0 Å². The number of anilines is 1. The first kappa shape index (κ1) is 14.0. The van der Waals surface area contributed by atoms with Crippen LogP contribution in [0.15, 0.2) is 47.9 Å². The molecule has 6 heteroatoms. The number of aryl methyl sites for hydroxylation is 2. The van der Waals surface area contributed by atoms with Crippen molar-refractivity contribution in [3.8, 4) is 6.07 Å². The van der Waals surface area contributed by atoms with Gasteiger partial charge in [-0.3, -0.25) is 0 Å². The third-order valence-electron chi connectivity index (χ3n) is 3.42. The number of benzene rings is 1. The van der Waals surface area contributed by atoms with Crippen LogP contribution >= 0.6 is 0 Å². The standard InChI is InChI=1S/C16H15N5O/c1-10-8-11(2)19-16(18-10)21-15(22)13(9-17)14(20-21)12-6-4-3-5-7-12/h3-8,14,20,22H,1-2H3/t14-/m0/s1. The minimum Gasteiger partial charge on any atom is -0.493 e. The molecule has 1 aliphatic rings. The summed E-state index contributed by atoms with van der Waals surface area (Å²) in [6.45, 7) is 3.71. The Hall–Kier alpha value is -2.91. The lowest BCUT2D eigenvalue weighted by Crippen LogP contribution is -2.35. The summed E-state index contributed by atoms with van der Waals surface area (Å²) in [6, 6.07) is 13.0. The van der Waals surface area contributed by atoms with Gasteiger partial charge in [0.05, 0.1) is 6.04 Å². The molecule has 22 heavy (non-hydrogen) atoms. The molecule has 3 rings (SSSR count). The Balaban J connectivity index is 2.03. The van der Waals surface area contributed by atoms with Gasteiger partial charge >= 0.3 is 0 Å². The Bertz CT molecular complexity index is 759. The number of aromatic nitrogens is 2. The van der Waals surface area contributed by atoms with Gasteiger partial charge in [0, 0.05) is 11.4 Å². The number of rotatable bonds is 2. The average molecular weight is 293 g/mol. The Morgan fingerprint density at radius 1 is 1.18 bits per heavy atom. The molecule has 1 aromatic heterocycles. The summed E-state index contributed by atoms with van der Waals surface area (Å²) in [5.41, 5.74) is 5.80. The largest absolute Gasteiger partial charge is 0.493 e. The first-order chi connectivity index (χ1) is 10.6. The highest BCUT2D eigenvalue weighted by atomic mass is 16.3. The van der Waals surface area contributed by atoms with Crippen molar-refractivity contribution in [1.29, 1.82) is 5.26 Å². The summed E-state index contributed by atoms with van der Waals surface area (Å²) in [7, 11) is 0. The Labute approximate surface area is 128 Å². The Morgan fingerprint density at radius 2 is 1.82 bits per heavy atom. The van der Waals surface area contributed by atoms with Crippen LogP contribution in [0.3, 0.4) is 0 Å². The highest BCUT2D eigenvalue weighted by Crippen LogP contribution is 2.32. The topological polar surface area (TPSA) is 85.1 Å². The predicted molar refractivity (Wildman–Crippen MR) is 81.6 cm³/mol. The second-order valence-electron chi connectivity index (χ2n) is 5.11. The van der Waals surface area contributed by atoms with E-state index in [1.165, 1.54) is 5.01 Å². The highest BCUT2D eigenvalue weighted by Gasteiger charge is 2.34. The first-order valence-electron chi connectivity index (χ1n) is 6.87. The fourth-order valence-electron chi connectivity index (χ4n) is 2.47. The number of hydrazine groups is 1. The lowest BCUT2D eigenvalue weighted by molar-refractivity contribution is 0.385. The Morgan fingerprint density at radius 3 is 2.41 bits per heavy atom. The molecule has 0 fully saturated rings. The van der Waals surface area contributed by atoms with Crippen molar-refractivity contribution in [2.24, 2.45) is 0 Å². The van der Waals surface area contributed by atoms with E-state index in [1.54, 1.807) is 0 Å². The van der Waals surface area contributed by atoms with E-state index in [0.717, 1.165) is 17.0 Å². The predicted octanol–water partition coefficient (Wildman–Crippen LogP) is 2.45. The molecule has 1 atom stereocenters. The molecule has 2 aromatic rings. The van der Waals surface area contributed by atoms with Crippen molar-refractivity contribution in [3.63, 3.8) is 0 Å². The maximum absolute atomic E-state index is 10.4. The van der Waals surface area contributed by atoms with Crippen LogP contribution in [-0.4, -0.2) is 15.1 Å². The van der Waals surface area contributed by atoms with Gasteiger partial charge in [0.25, 0.3) is 0 Å². The Kier molecular flexibility index (Phi) is 3.49. The van der Waals surface area contributed by atoms with Crippen molar-refractivity contribution >= 4 is 5.95 Å². The zero-order valence-corrected chi connectivity index (χ0v) is 12.3. The molecule has 1 aliphatic heterocycles. The molecule has 0 radical (unpaired) electrons. The van der Waals surface area contributed by atoms with Crippen molar-refractivity contribution in [2.45, 2.75) is 19.9 Å². The van der Waals surface area contributed by atoms with Gasteiger partial charge in [-0.1, -0.05) is 30.3 Å². The van der Waals surface area contributed by atoms with Crippen molar-refractivity contribution in [3.05, 3.63) is 64.8 Å². The lowest BCUT2D eigenvalue weighted by Gasteiger charge is -2.19. The number of aliphatic hydroxyl groups is 1. The molecule has 110 valence electrons. The molecular formula is C16H15N5O. The lowest BCUT2D eigenvalue weighted by atomic mass is 10.0. The number of hydrogen-bond donors (Lipinski definition) is 2. The van der Waals surface area contributed by atoms with Gasteiger partial charge in [0.2, 0.25) is 11.8 Å². The van der Waals surface area contributed by atoms with Gasteiger partial charge in [-0.15, -0.1) is 0 Å².